The van der Waals surface area contributed by atoms with E-state index in [1.54, 1.807) is 0 Å². The van der Waals surface area contributed by atoms with Crippen molar-refractivity contribution >= 4 is 5.82 Å². The summed E-state index contributed by atoms with van der Waals surface area (Å²) in [6.07, 6.45) is 4.62. The van der Waals surface area contributed by atoms with Gasteiger partial charge in [0, 0.05) is 12.2 Å². The van der Waals surface area contributed by atoms with Crippen LogP contribution in [0.1, 0.15) is 37.9 Å². The fraction of sp³-hybridized carbons (Fsp3) is 0.643. The topological polar surface area (TPSA) is 50.9 Å². The van der Waals surface area contributed by atoms with E-state index in [-0.39, 0.29) is 5.41 Å². The van der Waals surface area contributed by atoms with E-state index in [0.29, 0.717) is 0 Å². The van der Waals surface area contributed by atoms with Gasteiger partial charge in [0.15, 0.2) is 0 Å². The highest BCUT2D eigenvalue weighted by molar-refractivity contribution is 5.40. The molecule has 94 valence electrons. The summed E-state index contributed by atoms with van der Waals surface area (Å²) < 4.78 is 0. The van der Waals surface area contributed by atoms with Gasteiger partial charge in [0.2, 0.25) is 0 Å². The maximum Gasteiger partial charge on any atom is 0.126 e. The standard InChI is InChI=1S/C14H23N3/c1-14(2,8-9-15)10-16-13-7-6-11-4-3-5-12(11)17-13/h6-7H,3-5,8-10,15H2,1-2H3,(H,16,17). The Morgan fingerprint density at radius 1 is 1.35 bits per heavy atom. The van der Waals surface area contributed by atoms with Gasteiger partial charge in [-0.05, 0) is 49.3 Å². The molecule has 0 unspecified atom stereocenters. The first kappa shape index (κ1) is 12.4. The Morgan fingerprint density at radius 2 is 2.18 bits per heavy atom. The van der Waals surface area contributed by atoms with Gasteiger partial charge in [0.05, 0.1) is 0 Å². The summed E-state index contributed by atoms with van der Waals surface area (Å²) in [6, 6.07) is 4.32. The maximum absolute atomic E-state index is 5.61. The number of pyridine rings is 1. The van der Waals surface area contributed by atoms with Crippen molar-refractivity contribution in [1.29, 1.82) is 0 Å². The number of aromatic nitrogens is 1. The summed E-state index contributed by atoms with van der Waals surface area (Å²) in [5, 5.41) is 3.43. The number of nitrogens with one attached hydrogen (secondary N) is 1. The molecule has 0 atom stereocenters. The predicted molar refractivity (Wildman–Crippen MR) is 72.2 cm³/mol. The molecule has 0 aliphatic heterocycles. The lowest BCUT2D eigenvalue weighted by Gasteiger charge is -2.24. The number of nitrogens with two attached hydrogens (primary N) is 1. The molecular weight excluding hydrogens is 210 g/mol. The van der Waals surface area contributed by atoms with Crippen molar-refractivity contribution in [1.82, 2.24) is 4.98 Å². The summed E-state index contributed by atoms with van der Waals surface area (Å²) in [5.41, 5.74) is 8.56. The second kappa shape index (κ2) is 5.05. The Labute approximate surface area is 104 Å². The molecule has 0 spiro atoms. The Morgan fingerprint density at radius 3 is 2.94 bits per heavy atom. The zero-order chi connectivity index (χ0) is 12.3. The second-order valence-electron chi connectivity index (χ2n) is 5.71. The lowest BCUT2D eigenvalue weighted by Crippen LogP contribution is -2.26. The molecule has 1 aliphatic rings. The van der Waals surface area contributed by atoms with E-state index in [1.807, 2.05) is 0 Å². The monoisotopic (exact) mass is 233 g/mol. The van der Waals surface area contributed by atoms with E-state index in [1.165, 1.54) is 24.1 Å². The van der Waals surface area contributed by atoms with E-state index in [0.717, 1.165) is 31.7 Å². The Balaban J connectivity index is 1.95. The van der Waals surface area contributed by atoms with Crippen molar-refractivity contribution in [2.45, 2.75) is 39.5 Å². The van der Waals surface area contributed by atoms with Crippen LogP contribution in [-0.4, -0.2) is 18.1 Å². The molecule has 2 rings (SSSR count). The van der Waals surface area contributed by atoms with Crippen molar-refractivity contribution < 1.29 is 0 Å². The molecule has 1 aliphatic carbocycles. The third kappa shape index (κ3) is 3.19. The maximum atomic E-state index is 5.61. The van der Waals surface area contributed by atoms with Crippen LogP contribution in [0.3, 0.4) is 0 Å². The van der Waals surface area contributed by atoms with Gasteiger partial charge in [0.25, 0.3) is 0 Å². The lowest BCUT2D eigenvalue weighted by atomic mass is 9.89. The van der Waals surface area contributed by atoms with Gasteiger partial charge < -0.3 is 11.1 Å². The number of hydrogen-bond acceptors (Lipinski definition) is 3. The highest BCUT2D eigenvalue weighted by Gasteiger charge is 2.17. The van der Waals surface area contributed by atoms with Crippen LogP contribution in [-0.2, 0) is 12.8 Å². The van der Waals surface area contributed by atoms with Crippen LogP contribution in [0.5, 0.6) is 0 Å². The summed E-state index contributed by atoms with van der Waals surface area (Å²) in [7, 11) is 0. The van der Waals surface area contributed by atoms with Crippen molar-refractivity contribution in [2.75, 3.05) is 18.4 Å². The minimum Gasteiger partial charge on any atom is -0.370 e. The minimum atomic E-state index is 0.232. The number of fused-ring (bicyclic) bond motifs is 1. The van der Waals surface area contributed by atoms with Crippen LogP contribution < -0.4 is 11.1 Å². The normalized spacial score (nSPS) is 14.8. The minimum absolute atomic E-state index is 0.232. The van der Waals surface area contributed by atoms with Gasteiger partial charge in [-0.1, -0.05) is 19.9 Å². The molecule has 0 saturated carbocycles. The average Bonchev–Trinajstić information content (AvgIpc) is 2.73. The van der Waals surface area contributed by atoms with Gasteiger partial charge in [-0.15, -0.1) is 0 Å². The highest BCUT2D eigenvalue weighted by Crippen LogP contribution is 2.23. The average molecular weight is 233 g/mol. The summed E-state index contributed by atoms with van der Waals surface area (Å²) in [4.78, 5) is 4.67. The Bertz CT molecular complexity index is 385. The van der Waals surface area contributed by atoms with E-state index in [9.17, 15) is 0 Å². The molecule has 0 bridgehead atoms. The van der Waals surface area contributed by atoms with Gasteiger partial charge in [0.1, 0.15) is 5.82 Å². The SMILES string of the molecule is CC(C)(CCN)CNc1ccc2c(n1)CCC2. The van der Waals surface area contributed by atoms with Gasteiger partial charge in [-0.25, -0.2) is 4.98 Å². The number of aryl methyl sites for hydroxylation is 2. The molecule has 3 nitrogen and oxygen atoms in total. The van der Waals surface area contributed by atoms with E-state index in [2.05, 4.69) is 36.3 Å². The molecule has 3 N–H and O–H groups in total. The molecule has 0 aromatic carbocycles. The number of hydrogen-bond donors (Lipinski definition) is 2. The van der Waals surface area contributed by atoms with Gasteiger partial charge in [-0.3, -0.25) is 0 Å². The van der Waals surface area contributed by atoms with Crippen LogP contribution in [0.25, 0.3) is 0 Å². The first-order valence-electron chi connectivity index (χ1n) is 6.53. The molecular formula is C14H23N3. The van der Waals surface area contributed by atoms with Crippen molar-refractivity contribution in [2.24, 2.45) is 11.1 Å². The fourth-order valence-corrected chi connectivity index (χ4v) is 2.33. The summed E-state index contributed by atoms with van der Waals surface area (Å²) in [5.74, 6) is 1.01. The molecule has 1 aromatic heterocycles. The molecule has 0 amide bonds. The molecule has 0 radical (unpaired) electrons. The van der Waals surface area contributed by atoms with Crippen LogP contribution >= 0.6 is 0 Å². The van der Waals surface area contributed by atoms with Crippen LogP contribution in [0.4, 0.5) is 5.82 Å². The van der Waals surface area contributed by atoms with E-state index in [4.69, 9.17) is 5.73 Å². The third-order valence-electron chi connectivity index (χ3n) is 3.50. The van der Waals surface area contributed by atoms with Gasteiger partial charge in [-0.2, -0.15) is 0 Å². The van der Waals surface area contributed by atoms with Crippen molar-refractivity contribution in [3.8, 4) is 0 Å². The number of nitrogens with zero attached hydrogens (tertiary/aromatic N) is 1. The smallest absolute Gasteiger partial charge is 0.126 e. The quantitative estimate of drug-likeness (QED) is 0.821. The summed E-state index contributed by atoms with van der Waals surface area (Å²) >= 11 is 0. The zero-order valence-electron chi connectivity index (χ0n) is 10.9. The molecule has 1 heterocycles. The van der Waals surface area contributed by atoms with Crippen molar-refractivity contribution in [3.05, 3.63) is 23.4 Å². The zero-order valence-corrected chi connectivity index (χ0v) is 10.9. The highest BCUT2D eigenvalue weighted by atomic mass is 15.0. The molecule has 0 saturated heterocycles. The first-order chi connectivity index (χ1) is 8.11. The molecule has 3 heteroatoms. The predicted octanol–water partition coefficient (Wildman–Crippen LogP) is 2.36. The second-order valence-corrected chi connectivity index (χ2v) is 5.71. The lowest BCUT2D eigenvalue weighted by molar-refractivity contribution is 0.365. The third-order valence-corrected chi connectivity index (χ3v) is 3.50. The van der Waals surface area contributed by atoms with Gasteiger partial charge >= 0.3 is 0 Å². The molecule has 1 aromatic rings. The van der Waals surface area contributed by atoms with Crippen LogP contribution in [0.15, 0.2) is 12.1 Å². The largest absolute Gasteiger partial charge is 0.370 e. The molecule has 0 fully saturated rings. The first-order valence-corrected chi connectivity index (χ1v) is 6.53. The van der Waals surface area contributed by atoms with Crippen molar-refractivity contribution in [3.63, 3.8) is 0 Å². The number of rotatable bonds is 5. The van der Waals surface area contributed by atoms with Crippen LogP contribution in [0.2, 0.25) is 0 Å². The van der Waals surface area contributed by atoms with E-state index < -0.39 is 0 Å². The Kier molecular flexibility index (Phi) is 3.67. The fourth-order valence-electron chi connectivity index (χ4n) is 2.33. The molecule has 17 heavy (non-hydrogen) atoms. The van der Waals surface area contributed by atoms with Crippen LogP contribution in [0, 0.1) is 5.41 Å². The Hall–Kier alpha value is -1.09. The number of anilines is 1. The van der Waals surface area contributed by atoms with E-state index >= 15 is 0 Å². The summed E-state index contributed by atoms with van der Waals surface area (Å²) in [6.45, 7) is 6.14.